The fourth-order valence-corrected chi connectivity index (χ4v) is 4.24. The number of rotatable bonds is 0. The molecule has 0 bridgehead atoms. The van der Waals surface area contributed by atoms with Crippen LogP contribution < -0.4 is 0 Å². The number of nitrogens with zero attached hydrogens (tertiary/aromatic N) is 1. The molecule has 2 aliphatic heterocycles. The Labute approximate surface area is 102 Å². The van der Waals surface area contributed by atoms with Gasteiger partial charge in [0, 0.05) is 12.5 Å². The monoisotopic (exact) mass is 239 g/mol. The van der Waals surface area contributed by atoms with Crippen molar-refractivity contribution in [1.29, 1.82) is 0 Å². The predicted molar refractivity (Wildman–Crippen MR) is 62.8 cm³/mol. The van der Waals surface area contributed by atoms with E-state index in [1.165, 1.54) is 0 Å². The summed E-state index contributed by atoms with van der Waals surface area (Å²) in [5.41, 5.74) is -0.751. The minimum atomic E-state index is -0.347. The van der Waals surface area contributed by atoms with Gasteiger partial charge in [0.2, 0.25) is 0 Å². The second-order valence-corrected chi connectivity index (χ2v) is 6.44. The molecule has 3 atom stereocenters. The number of carbonyl (C=O) groups is 1. The third kappa shape index (κ3) is 1.15. The van der Waals surface area contributed by atoms with E-state index in [1.807, 2.05) is 4.90 Å². The Balaban J connectivity index is 2.13. The second-order valence-electron chi connectivity index (χ2n) is 6.44. The smallest absolute Gasteiger partial charge is 0.411 e. The summed E-state index contributed by atoms with van der Waals surface area (Å²) in [6.07, 6.45) is 1.83. The molecule has 1 aliphatic carbocycles. The van der Waals surface area contributed by atoms with Crippen LogP contribution in [0.4, 0.5) is 4.79 Å². The molecule has 17 heavy (non-hydrogen) atoms. The van der Waals surface area contributed by atoms with Crippen molar-refractivity contribution in [2.45, 2.75) is 57.3 Å². The van der Waals surface area contributed by atoms with Crippen molar-refractivity contribution in [3.05, 3.63) is 0 Å². The molecule has 1 saturated carbocycles. The summed E-state index contributed by atoms with van der Waals surface area (Å²) >= 11 is 0. The Morgan fingerprint density at radius 1 is 1.29 bits per heavy atom. The summed E-state index contributed by atoms with van der Waals surface area (Å²) in [4.78, 5) is 13.9. The molecule has 4 heteroatoms. The Morgan fingerprint density at radius 2 is 2.00 bits per heavy atom. The first kappa shape index (κ1) is 11.3. The molecule has 3 aliphatic rings. The number of carbonyl (C=O) groups excluding carboxylic acids is 1. The fraction of sp³-hybridized carbons (Fsp3) is 0.923. The summed E-state index contributed by atoms with van der Waals surface area (Å²) in [5, 5.41) is 0. The van der Waals surface area contributed by atoms with Gasteiger partial charge in [0.05, 0.1) is 17.7 Å². The predicted octanol–water partition coefficient (Wildman–Crippen LogP) is 2.17. The molecule has 4 nitrogen and oxygen atoms in total. The Morgan fingerprint density at radius 3 is 2.71 bits per heavy atom. The molecule has 0 aromatic heterocycles. The third-order valence-electron chi connectivity index (χ3n) is 5.38. The topological polar surface area (TPSA) is 38.8 Å². The Kier molecular flexibility index (Phi) is 1.98. The van der Waals surface area contributed by atoms with Crippen LogP contribution in [0.15, 0.2) is 0 Å². The highest BCUT2D eigenvalue weighted by molar-refractivity contribution is 5.73. The first-order valence-corrected chi connectivity index (χ1v) is 6.46. The molecule has 2 saturated heterocycles. The van der Waals surface area contributed by atoms with Gasteiger partial charge in [0.25, 0.3) is 0 Å². The number of hydrogen-bond donors (Lipinski definition) is 0. The molecular formula is C13H21NO3. The zero-order chi connectivity index (χ0) is 12.5. The van der Waals surface area contributed by atoms with Crippen LogP contribution in [0.5, 0.6) is 0 Å². The van der Waals surface area contributed by atoms with Gasteiger partial charge in [-0.2, -0.15) is 0 Å². The highest BCUT2D eigenvalue weighted by Gasteiger charge is 2.70. The summed E-state index contributed by atoms with van der Waals surface area (Å²) in [6, 6.07) is 0. The average molecular weight is 239 g/mol. The van der Waals surface area contributed by atoms with Crippen LogP contribution in [-0.4, -0.2) is 40.9 Å². The Hall–Kier alpha value is -0.770. The highest BCUT2D eigenvalue weighted by atomic mass is 16.6. The molecular weight excluding hydrogens is 218 g/mol. The molecule has 1 amide bonds. The maximum absolute atomic E-state index is 12.0. The number of amides is 1. The van der Waals surface area contributed by atoms with Gasteiger partial charge in [0.15, 0.2) is 0 Å². The Bertz CT molecular complexity index is 381. The van der Waals surface area contributed by atoms with Crippen LogP contribution in [0.25, 0.3) is 0 Å². The van der Waals surface area contributed by atoms with E-state index in [4.69, 9.17) is 9.47 Å². The maximum Gasteiger partial charge on any atom is 0.411 e. The first-order valence-electron chi connectivity index (χ1n) is 6.46. The van der Waals surface area contributed by atoms with Crippen molar-refractivity contribution in [2.75, 3.05) is 13.2 Å². The van der Waals surface area contributed by atoms with Crippen molar-refractivity contribution in [2.24, 2.45) is 5.92 Å². The average Bonchev–Trinajstić information content (AvgIpc) is 2.49. The molecule has 96 valence electrons. The van der Waals surface area contributed by atoms with E-state index in [1.54, 1.807) is 0 Å². The van der Waals surface area contributed by atoms with Crippen molar-refractivity contribution in [3.8, 4) is 0 Å². The number of hydrogen-bond acceptors (Lipinski definition) is 3. The van der Waals surface area contributed by atoms with E-state index < -0.39 is 0 Å². The standard InChI is InChI=1S/C13H21NO3/c1-11(2)9-5-6-12(3)13(9,4)14(7-8-16-11)10(15)17-12/h9H,5-8H2,1-4H3/t9-,12-,13-/m1/s1. The van der Waals surface area contributed by atoms with Crippen molar-refractivity contribution >= 4 is 6.09 Å². The van der Waals surface area contributed by atoms with Crippen molar-refractivity contribution < 1.29 is 14.3 Å². The lowest BCUT2D eigenvalue weighted by Gasteiger charge is -2.43. The van der Waals surface area contributed by atoms with Gasteiger partial charge in [-0.1, -0.05) is 0 Å². The minimum absolute atomic E-state index is 0.166. The van der Waals surface area contributed by atoms with Gasteiger partial charge in [-0.15, -0.1) is 0 Å². The second kappa shape index (κ2) is 2.97. The molecule has 2 heterocycles. The van der Waals surface area contributed by atoms with Crippen LogP contribution in [-0.2, 0) is 9.47 Å². The van der Waals surface area contributed by atoms with Gasteiger partial charge in [-0.25, -0.2) is 4.79 Å². The lowest BCUT2D eigenvalue weighted by molar-refractivity contribution is -0.0707. The van der Waals surface area contributed by atoms with Crippen LogP contribution in [0.1, 0.15) is 40.5 Å². The van der Waals surface area contributed by atoms with E-state index in [2.05, 4.69) is 27.7 Å². The van der Waals surface area contributed by atoms with Crippen molar-refractivity contribution in [3.63, 3.8) is 0 Å². The van der Waals surface area contributed by atoms with Crippen LogP contribution in [0.3, 0.4) is 0 Å². The van der Waals surface area contributed by atoms with Crippen LogP contribution >= 0.6 is 0 Å². The quantitative estimate of drug-likeness (QED) is 0.650. The molecule has 0 aromatic carbocycles. The largest absolute Gasteiger partial charge is 0.441 e. The molecule has 0 N–H and O–H groups in total. The van der Waals surface area contributed by atoms with Gasteiger partial charge in [-0.05, 0) is 40.5 Å². The molecule has 0 spiro atoms. The van der Waals surface area contributed by atoms with E-state index in [9.17, 15) is 4.79 Å². The summed E-state index contributed by atoms with van der Waals surface area (Å²) in [5.74, 6) is 0.342. The first-order chi connectivity index (χ1) is 7.81. The normalized spacial score (nSPS) is 47.6. The van der Waals surface area contributed by atoms with Gasteiger partial charge < -0.3 is 9.47 Å². The molecule has 3 rings (SSSR count). The molecule has 0 radical (unpaired) electrons. The van der Waals surface area contributed by atoms with Crippen molar-refractivity contribution in [1.82, 2.24) is 4.90 Å². The highest BCUT2D eigenvalue weighted by Crippen LogP contribution is 2.58. The van der Waals surface area contributed by atoms with E-state index in [0.717, 1.165) is 12.8 Å². The summed E-state index contributed by atoms with van der Waals surface area (Å²) < 4.78 is 11.6. The maximum atomic E-state index is 12.0. The van der Waals surface area contributed by atoms with Crippen LogP contribution in [0.2, 0.25) is 0 Å². The molecule has 3 fully saturated rings. The third-order valence-corrected chi connectivity index (χ3v) is 5.38. The van der Waals surface area contributed by atoms with E-state index in [0.29, 0.717) is 19.1 Å². The van der Waals surface area contributed by atoms with E-state index >= 15 is 0 Å². The van der Waals surface area contributed by atoms with Gasteiger partial charge in [0.1, 0.15) is 5.60 Å². The van der Waals surface area contributed by atoms with Gasteiger partial charge in [-0.3, -0.25) is 4.90 Å². The van der Waals surface area contributed by atoms with Crippen LogP contribution in [0, 0.1) is 5.92 Å². The SMILES string of the molecule is CC1(C)OCCN2C(=O)O[C@]3(C)CC[C@H]1[C@@]23C. The zero-order valence-electron chi connectivity index (χ0n) is 11.1. The zero-order valence-corrected chi connectivity index (χ0v) is 11.1. The van der Waals surface area contributed by atoms with E-state index in [-0.39, 0.29) is 22.8 Å². The summed E-state index contributed by atoms with van der Waals surface area (Å²) in [6.45, 7) is 9.77. The number of ether oxygens (including phenoxy) is 2. The molecule has 0 unspecified atom stereocenters. The molecule has 0 aromatic rings. The lowest BCUT2D eigenvalue weighted by Crippen LogP contribution is -2.58. The fourth-order valence-electron chi connectivity index (χ4n) is 4.24. The van der Waals surface area contributed by atoms with Gasteiger partial charge >= 0.3 is 6.09 Å². The minimum Gasteiger partial charge on any atom is -0.441 e. The summed E-state index contributed by atoms with van der Waals surface area (Å²) in [7, 11) is 0. The lowest BCUT2D eigenvalue weighted by atomic mass is 9.73.